The monoisotopic (exact) mass is 424 g/mol. The Bertz CT molecular complexity index is 479. The summed E-state index contributed by atoms with van der Waals surface area (Å²) in [4.78, 5) is 21.9. The first kappa shape index (κ1) is 26.2. The maximum Gasteiger partial charge on any atom is 1.00 e. The zero-order valence-electron chi connectivity index (χ0n) is 15.0. The summed E-state index contributed by atoms with van der Waals surface area (Å²) in [6.45, 7) is 5.14. The fourth-order valence-electron chi connectivity index (χ4n) is 1.55. The molecule has 1 atom stereocenters. The summed E-state index contributed by atoms with van der Waals surface area (Å²) in [5.41, 5.74) is -0.679. The Kier molecular flexibility index (Phi) is 14.1. The summed E-state index contributed by atoms with van der Waals surface area (Å²) < 4.78 is 41.4. The Morgan fingerprint density at radius 3 is 2.56 bits per heavy atom. The summed E-state index contributed by atoms with van der Waals surface area (Å²) in [6.07, 6.45) is 0.993. The van der Waals surface area contributed by atoms with Crippen LogP contribution in [-0.4, -0.2) is 68.7 Å². The van der Waals surface area contributed by atoms with Gasteiger partial charge in [0.25, 0.3) is 0 Å². The van der Waals surface area contributed by atoms with Crippen molar-refractivity contribution in [3.8, 4) is 0 Å². The standard InChI is InChI=1S/C14H26O8S2.K/c1-14(2,13(15)19-5-4-8-24(16,17)18)11-23-7-3-6-21-22-10-12-9-20-12;/h12H,3-11H2,1-2H3,(H,16,17,18);/q;+1/p-1. The number of carbonyl (C=O) groups excluding carboxylic acids is 1. The minimum Gasteiger partial charge on any atom is -0.748 e. The largest absolute Gasteiger partial charge is 1.00 e. The van der Waals surface area contributed by atoms with Crippen LogP contribution in [0.5, 0.6) is 0 Å². The van der Waals surface area contributed by atoms with Crippen LogP contribution < -0.4 is 51.4 Å². The Balaban J connectivity index is 0.00000576. The number of thioether (sulfide) groups is 1. The van der Waals surface area contributed by atoms with Crippen molar-refractivity contribution in [1.82, 2.24) is 0 Å². The van der Waals surface area contributed by atoms with Crippen LogP contribution in [0.2, 0.25) is 0 Å². The van der Waals surface area contributed by atoms with Crippen molar-refractivity contribution in [3.63, 3.8) is 0 Å². The summed E-state index contributed by atoms with van der Waals surface area (Å²) in [5.74, 6) is 0.462. The first-order valence-electron chi connectivity index (χ1n) is 7.75. The van der Waals surface area contributed by atoms with E-state index in [-0.39, 0.29) is 70.5 Å². The number of epoxide rings is 1. The summed E-state index contributed by atoms with van der Waals surface area (Å²) >= 11 is 1.60. The van der Waals surface area contributed by atoms with Gasteiger partial charge in [-0.3, -0.25) is 4.79 Å². The maximum atomic E-state index is 11.9. The third-order valence-electron chi connectivity index (χ3n) is 3.04. The average Bonchev–Trinajstić information content (AvgIpc) is 3.29. The second kappa shape index (κ2) is 13.4. The van der Waals surface area contributed by atoms with Crippen molar-refractivity contribution in [2.75, 3.05) is 43.7 Å². The number of esters is 1. The van der Waals surface area contributed by atoms with Gasteiger partial charge >= 0.3 is 57.4 Å². The first-order valence-corrected chi connectivity index (χ1v) is 10.5. The van der Waals surface area contributed by atoms with Crippen LogP contribution in [0.25, 0.3) is 0 Å². The molecule has 11 heteroatoms. The quantitative estimate of drug-likeness (QED) is 0.0592. The second-order valence-corrected chi connectivity index (χ2v) is 8.73. The van der Waals surface area contributed by atoms with Gasteiger partial charge in [0.1, 0.15) is 12.7 Å². The predicted octanol–water partition coefficient (Wildman–Crippen LogP) is -2.03. The topological polar surface area (TPSA) is 114 Å². The van der Waals surface area contributed by atoms with Crippen LogP contribution in [0.4, 0.5) is 0 Å². The van der Waals surface area contributed by atoms with Gasteiger partial charge < -0.3 is 14.0 Å². The van der Waals surface area contributed by atoms with Crippen LogP contribution in [0.1, 0.15) is 26.7 Å². The molecular formula is C14H25KO8S2. The summed E-state index contributed by atoms with van der Waals surface area (Å²) in [6, 6.07) is 0. The van der Waals surface area contributed by atoms with E-state index in [4.69, 9.17) is 19.2 Å². The van der Waals surface area contributed by atoms with Crippen molar-refractivity contribution in [1.29, 1.82) is 0 Å². The van der Waals surface area contributed by atoms with Gasteiger partial charge in [-0.15, -0.1) is 0 Å². The zero-order chi connectivity index (χ0) is 18.1. The van der Waals surface area contributed by atoms with Gasteiger partial charge in [0.05, 0.1) is 35.4 Å². The van der Waals surface area contributed by atoms with E-state index in [1.165, 1.54) is 0 Å². The molecule has 0 spiro atoms. The molecule has 0 radical (unpaired) electrons. The van der Waals surface area contributed by atoms with Crippen LogP contribution >= 0.6 is 11.8 Å². The number of hydrogen-bond acceptors (Lipinski definition) is 9. The van der Waals surface area contributed by atoms with Crippen LogP contribution in [0, 0.1) is 5.41 Å². The molecule has 142 valence electrons. The molecule has 1 heterocycles. The minimum absolute atomic E-state index is 0. The Labute approximate surface area is 196 Å². The average molecular weight is 425 g/mol. The zero-order valence-corrected chi connectivity index (χ0v) is 19.8. The van der Waals surface area contributed by atoms with Crippen LogP contribution in [0.3, 0.4) is 0 Å². The van der Waals surface area contributed by atoms with Gasteiger partial charge in [0.15, 0.2) is 0 Å². The SMILES string of the molecule is CC(C)(CSCCCOOCC1CO1)C(=O)OCCCS(=O)(=O)[O-].[K+]. The van der Waals surface area contributed by atoms with Crippen LogP contribution in [0.15, 0.2) is 0 Å². The molecule has 1 aliphatic heterocycles. The predicted molar refractivity (Wildman–Crippen MR) is 87.5 cm³/mol. The Morgan fingerprint density at radius 1 is 1.28 bits per heavy atom. The first-order chi connectivity index (χ1) is 11.2. The van der Waals surface area contributed by atoms with E-state index in [0.29, 0.717) is 19.0 Å². The fraction of sp³-hybridized carbons (Fsp3) is 0.929. The molecule has 1 fully saturated rings. The minimum atomic E-state index is -4.26. The molecule has 8 nitrogen and oxygen atoms in total. The van der Waals surface area contributed by atoms with Gasteiger partial charge in [-0.1, -0.05) is 0 Å². The molecule has 0 aliphatic carbocycles. The summed E-state index contributed by atoms with van der Waals surface area (Å²) in [5, 5.41) is 0. The van der Waals surface area contributed by atoms with Crippen molar-refractivity contribution in [3.05, 3.63) is 0 Å². The number of rotatable bonds is 14. The molecule has 0 N–H and O–H groups in total. The smallest absolute Gasteiger partial charge is 0.748 e. The van der Waals surface area contributed by atoms with Gasteiger partial charge in [-0.05, 0) is 32.4 Å². The number of ether oxygens (including phenoxy) is 2. The van der Waals surface area contributed by atoms with E-state index in [0.717, 1.165) is 18.8 Å². The molecule has 1 aliphatic rings. The molecule has 0 saturated carbocycles. The molecule has 25 heavy (non-hydrogen) atoms. The fourth-order valence-corrected chi connectivity index (χ4v) is 3.12. The third-order valence-corrected chi connectivity index (χ3v) is 5.34. The van der Waals surface area contributed by atoms with E-state index in [2.05, 4.69) is 0 Å². The molecule has 1 saturated heterocycles. The normalized spacial score (nSPS) is 17.0. The van der Waals surface area contributed by atoms with Gasteiger partial charge in [0.2, 0.25) is 0 Å². The molecule has 0 aromatic carbocycles. The van der Waals surface area contributed by atoms with Crippen LogP contribution in [-0.2, 0) is 34.2 Å². The van der Waals surface area contributed by atoms with E-state index in [9.17, 15) is 17.8 Å². The van der Waals surface area contributed by atoms with Crippen molar-refractivity contribution in [2.45, 2.75) is 32.8 Å². The van der Waals surface area contributed by atoms with E-state index >= 15 is 0 Å². The molecule has 1 rings (SSSR count). The molecule has 0 aromatic rings. The maximum absolute atomic E-state index is 11.9. The molecular weight excluding hydrogens is 399 g/mol. The van der Waals surface area contributed by atoms with Gasteiger partial charge in [-0.25, -0.2) is 18.2 Å². The number of hydrogen-bond donors (Lipinski definition) is 0. The van der Waals surface area contributed by atoms with Crippen molar-refractivity contribution < 1.29 is 88.4 Å². The third kappa shape index (κ3) is 14.9. The van der Waals surface area contributed by atoms with Gasteiger partial charge in [0, 0.05) is 11.5 Å². The Morgan fingerprint density at radius 2 is 1.96 bits per heavy atom. The van der Waals surface area contributed by atoms with Crippen molar-refractivity contribution in [2.24, 2.45) is 5.41 Å². The summed E-state index contributed by atoms with van der Waals surface area (Å²) in [7, 11) is -4.26. The van der Waals surface area contributed by atoms with E-state index in [1.54, 1.807) is 25.6 Å². The Hall–Kier alpha value is 1.25. The molecule has 1 unspecified atom stereocenters. The van der Waals surface area contributed by atoms with Crippen molar-refractivity contribution >= 4 is 27.8 Å². The number of carbonyl (C=O) groups is 1. The van der Waals surface area contributed by atoms with E-state index < -0.39 is 27.3 Å². The van der Waals surface area contributed by atoms with E-state index in [1.807, 2.05) is 0 Å². The molecule has 0 bridgehead atoms. The molecule has 0 aromatic heterocycles. The molecule has 0 amide bonds. The van der Waals surface area contributed by atoms with Gasteiger partial charge in [-0.2, -0.15) is 11.8 Å². The second-order valence-electron chi connectivity index (χ2n) is 6.10.